The molecular weight excluding hydrogens is 246 g/mol. The molecule has 2 N–H and O–H groups in total. The topological polar surface area (TPSA) is 67.8 Å². The van der Waals surface area contributed by atoms with Crippen molar-refractivity contribution in [1.29, 1.82) is 0 Å². The number of carbonyl (C=O) groups is 1. The summed E-state index contributed by atoms with van der Waals surface area (Å²) in [4.78, 5) is 11.3. The van der Waals surface area contributed by atoms with Crippen molar-refractivity contribution in [2.45, 2.75) is 65.1 Å². The van der Waals surface area contributed by atoms with E-state index in [0.717, 1.165) is 0 Å². The normalized spacial score (nSPS) is 15.5. The molecule has 0 saturated heterocycles. The first-order chi connectivity index (χ1) is 8.57. The van der Waals surface area contributed by atoms with Crippen LogP contribution in [0, 0.1) is 0 Å². The van der Waals surface area contributed by atoms with Crippen LogP contribution in [0.4, 0.5) is 0 Å². The van der Waals surface area contributed by atoms with Crippen LogP contribution in [0.3, 0.4) is 0 Å². The number of hydrogen-bond acceptors (Lipinski definition) is 4. The Labute approximate surface area is 116 Å². The van der Waals surface area contributed by atoms with Gasteiger partial charge in [-0.2, -0.15) is 0 Å². The minimum Gasteiger partial charge on any atom is -0.480 e. The van der Waals surface area contributed by atoms with Crippen LogP contribution in [0.25, 0.3) is 0 Å². The summed E-state index contributed by atoms with van der Waals surface area (Å²) in [6.07, 6.45) is 0.427. The fourth-order valence-electron chi connectivity index (χ4n) is 1.66. The molecule has 0 aromatic rings. The molecule has 0 aliphatic carbocycles. The minimum atomic E-state index is -0.945. The van der Waals surface area contributed by atoms with E-state index in [1.54, 1.807) is 6.92 Å². The SMILES string of the molecule is CC(C)NC(C)(CCOCCOC(C)(C)C)C(=O)O. The Morgan fingerprint density at radius 1 is 1.16 bits per heavy atom. The zero-order valence-electron chi connectivity index (χ0n) is 13.1. The molecule has 0 spiro atoms. The Bertz CT molecular complexity index is 273. The Morgan fingerprint density at radius 3 is 2.16 bits per heavy atom. The summed E-state index contributed by atoms with van der Waals surface area (Å²) < 4.78 is 10.9. The summed E-state index contributed by atoms with van der Waals surface area (Å²) >= 11 is 0. The molecule has 0 radical (unpaired) electrons. The van der Waals surface area contributed by atoms with E-state index in [-0.39, 0.29) is 11.6 Å². The second-order valence-electron chi connectivity index (χ2n) is 6.26. The standard InChI is InChI=1S/C14H29NO4/c1-11(2)15-14(6,12(16)17)7-8-18-9-10-19-13(3,4)5/h11,15H,7-10H2,1-6H3,(H,16,17). The molecule has 0 amide bonds. The predicted molar refractivity (Wildman–Crippen MR) is 75.5 cm³/mol. The first-order valence-corrected chi connectivity index (χ1v) is 6.79. The molecule has 0 heterocycles. The number of carboxylic acid groups (broad SMARTS) is 1. The van der Waals surface area contributed by atoms with E-state index >= 15 is 0 Å². The molecule has 0 rings (SSSR count). The zero-order valence-corrected chi connectivity index (χ0v) is 13.1. The molecule has 0 saturated carbocycles. The largest absolute Gasteiger partial charge is 0.480 e. The molecule has 0 fully saturated rings. The van der Waals surface area contributed by atoms with E-state index in [9.17, 15) is 9.90 Å². The van der Waals surface area contributed by atoms with Gasteiger partial charge in [-0.05, 0) is 48.0 Å². The first kappa shape index (κ1) is 18.4. The Morgan fingerprint density at radius 2 is 1.74 bits per heavy atom. The third-order valence-corrected chi connectivity index (χ3v) is 2.59. The van der Waals surface area contributed by atoms with Gasteiger partial charge in [0.05, 0.1) is 18.8 Å². The van der Waals surface area contributed by atoms with E-state index in [1.165, 1.54) is 0 Å². The molecule has 0 aliphatic heterocycles. The van der Waals surface area contributed by atoms with Crippen LogP contribution >= 0.6 is 0 Å². The van der Waals surface area contributed by atoms with Crippen LogP contribution in [0.2, 0.25) is 0 Å². The smallest absolute Gasteiger partial charge is 0.323 e. The van der Waals surface area contributed by atoms with Gasteiger partial charge in [0.1, 0.15) is 5.54 Å². The molecule has 1 atom stereocenters. The van der Waals surface area contributed by atoms with Crippen molar-refractivity contribution >= 4 is 5.97 Å². The summed E-state index contributed by atoms with van der Waals surface area (Å²) in [7, 11) is 0. The van der Waals surface area contributed by atoms with Gasteiger partial charge in [-0.15, -0.1) is 0 Å². The van der Waals surface area contributed by atoms with E-state index in [1.807, 2.05) is 34.6 Å². The van der Waals surface area contributed by atoms with Crippen molar-refractivity contribution < 1.29 is 19.4 Å². The third-order valence-electron chi connectivity index (χ3n) is 2.59. The highest BCUT2D eigenvalue weighted by Crippen LogP contribution is 2.12. The van der Waals surface area contributed by atoms with Gasteiger partial charge in [0.2, 0.25) is 0 Å². The van der Waals surface area contributed by atoms with Gasteiger partial charge < -0.3 is 14.6 Å². The molecule has 5 heteroatoms. The molecular formula is C14H29NO4. The summed E-state index contributed by atoms with van der Waals surface area (Å²) in [6, 6.07) is 0.116. The second-order valence-corrected chi connectivity index (χ2v) is 6.26. The lowest BCUT2D eigenvalue weighted by molar-refractivity contribution is -0.145. The third kappa shape index (κ3) is 8.97. The fourth-order valence-corrected chi connectivity index (χ4v) is 1.66. The second kappa shape index (κ2) is 7.82. The average molecular weight is 275 g/mol. The molecule has 0 bridgehead atoms. The highest BCUT2D eigenvalue weighted by atomic mass is 16.5. The van der Waals surface area contributed by atoms with Gasteiger partial charge in [-0.3, -0.25) is 10.1 Å². The predicted octanol–water partition coefficient (Wildman–Crippen LogP) is 2.05. The number of hydrogen-bond donors (Lipinski definition) is 2. The van der Waals surface area contributed by atoms with Crippen LogP contribution in [-0.2, 0) is 14.3 Å². The van der Waals surface area contributed by atoms with Crippen molar-refractivity contribution in [2.75, 3.05) is 19.8 Å². The summed E-state index contributed by atoms with van der Waals surface area (Å²) in [5.74, 6) is -0.851. The maximum Gasteiger partial charge on any atom is 0.323 e. The molecule has 114 valence electrons. The molecule has 0 aliphatic rings. The molecule has 0 aromatic heterocycles. The van der Waals surface area contributed by atoms with Crippen LogP contribution in [0.15, 0.2) is 0 Å². The van der Waals surface area contributed by atoms with Gasteiger partial charge in [0, 0.05) is 12.6 Å². The van der Waals surface area contributed by atoms with E-state index in [2.05, 4.69) is 5.32 Å². The molecule has 1 unspecified atom stereocenters. The monoisotopic (exact) mass is 275 g/mol. The van der Waals surface area contributed by atoms with E-state index in [0.29, 0.717) is 26.2 Å². The quantitative estimate of drug-likeness (QED) is 0.630. The van der Waals surface area contributed by atoms with Gasteiger partial charge in [-0.1, -0.05) is 0 Å². The Kier molecular flexibility index (Phi) is 7.55. The van der Waals surface area contributed by atoms with Gasteiger partial charge >= 0.3 is 5.97 Å². The van der Waals surface area contributed by atoms with E-state index < -0.39 is 11.5 Å². The highest BCUT2D eigenvalue weighted by molar-refractivity contribution is 5.78. The lowest BCUT2D eigenvalue weighted by Crippen LogP contribution is -2.53. The number of nitrogens with one attached hydrogen (secondary N) is 1. The van der Waals surface area contributed by atoms with Crippen LogP contribution in [0.1, 0.15) is 48.0 Å². The van der Waals surface area contributed by atoms with E-state index in [4.69, 9.17) is 9.47 Å². The lowest BCUT2D eigenvalue weighted by Gasteiger charge is -2.28. The first-order valence-electron chi connectivity index (χ1n) is 6.79. The number of ether oxygens (including phenoxy) is 2. The number of rotatable bonds is 9. The van der Waals surface area contributed by atoms with Gasteiger partial charge in [0.25, 0.3) is 0 Å². The maximum absolute atomic E-state index is 11.3. The van der Waals surface area contributed by atoms with Crippen molar-refractivity contribution in [1.82, 2.24) is 5.32 Å². The molecule has 5 nitrogen and oxygen atoms in total. The summed E-state index contributed by atoms with van der Waals surface area (Å²) in [5.41, 5.74) is -1.11. The van der Waals surface area contributed by atoms with Crippen molar-refractivity contribution in [3.63, 3.8) is 0 Å². The van der Waals surface area contributed by atoms with Gasteiger partial charge in [-0.25, -0.2) is 0 Å². The fraction of sp³-hybridized carbons (Fsp3) is 0.929. The number of aliphatic carboxylic acids is 1. The van der Waals surface area contributed by atoms with Crippen molar-refractivity contribution in [2.24, 2.45) is 0 Å². The van der Waals surface area contributed by atoms with Crippen LogP contribution < -0.4 is 5.32 Å². The zero-order chi connectivity index (χ0) is 15.1. The summed E-state index contributed by atoms with van der Waals surface area (Å²) in [5, 5.41) is 12.3. The molecule has 19 heavy (non-hydrogen) atoms. The average Bonchev–Trinajstić information content (AvgIpc) is 2.20. The van der Waals surface area contributed by atoms with Crippen LogP contribution in [0.5, 0.6) is 0 Å². The van der Waals surface area contributed by atoms with Gasteiger partial charge in [0.15, 0.2) is 0 Å². The maximum atomic E-state index is 11.3. The Balaban J connectivity index is 3.92. The Hall–Kier alpha value is -0.650. The highest BCUT2D eigenvalue weighted by Gasteiger charge is 2.32. The minimum absolute atomic E-state index is 0.116. The number of carboxylic acids is 1. The lowest BCUT2D eigenvalue weighted by atomic mass is 9.97. The molecule has 0 aromatic carbocycles. The van der Waals surface area contributed by atoms with Crippen molar-refractivity contribution in [3.05, 3.63) is 0 Å². The van der Waals surface area contributed by atoms with Crippen LogP contribution in [-0.4, -0.2) is 48.1 Å². The van der Waals surface area contributed by atoms with Crippen molar-refractivity contribution in [3.8, 4) is 0 Å². The summed E-state index contributed by atoms with van der Waals surface area (Å²) in [6.45, 7) is 12.9.